The molecule has 0 radical (unpaired) electrons. The van der Waals surface area contributed by atoms with Gasteiger partial charge in [0.1, 0.15) is 6.61 Å². The second-order valence-electron chi connectivity index (χ2n) is 18.1. The van der Waals surface area contributed by atoms with E-state index < -0.39 is 32.5 Å². The normalized spacial score (nSPS) is 13.8. The molecule has 0 amide bonds. The Kier molecular flexibility index (Phi) is 51.3. The first-order chi connectivity index (χ1) is 33.3. The fourth-order valence-electron chi connectivity index (χ4n) is 7.47. The minimum absolute atomic E-state index is 0.0509. The van der Waals surface area contributed by atoms with Crippen molar-refractivity contribution in [2.75, 3.05) is 26.4 Å². The van der Waals surface area contributed by atoms with Gasteiger partial charge in [0.15, 0.2) is 6.10 Å². The molecule has 0 fully saturated rings. The minimum atomic E-state index is -4.38. The Morgan fingerprint density at radius 3 is 1.22 bits per heavy atom. The van der Waals surface area contributed by atoms with Crippen molar-refractivity contribution in [1.82, 2.24) is 0 Å². The van der Waals surface area contributed by atoms with Gasteiger partial charge in [-0.2, -0.15) is 0 Å². The lowest BCUT2D eigenvalue weighted by Crippen LogP contribution is -2.29. The van der Waals surface area contributed by atoms with E-state index in [0.717, 1.165) is 103 Å². The highest BCUT2D eigenvalue weighted by atomic mass is 31.2. The molecule has 3 N–H and O–H groups in total. The third kappa shape index (κ3) is 52.6. The van der Waals surface area contributed by atoms with Gasteiger partial charge in [-0.1, -0.05) is 227 Å². The van der Waals surface area contributed by atoms with Crippen LogP contribution in [0.25, 0.3) is 0 Å². The summed E-state index contributed by atoms with van der Waals surface area (Å²) in [5.41, 5.74) is 5.36. The summed E-state index contributed by atoms with van der Waals surface area (Å²) in [6, 6.07) is 0. The Morgan fingerprint density at radius 1 is 0.456 bits per heavy atom. The van der Waals surface area contributed by atoms with E-state index in [4.69, 9.17) is 24.3 Å². The van der Waals surface area contributed by atoms with Crippen LogP contribution in [-0.2, 0) is 32.7 Å². The summed E-state index contributed by atoms with van der Waals surface area (Å²) in [7, 11) is -4.38. The lowest BCUT2D eigenvalue weighted by molar-refractivity contribution is -0.161. The maximum atomic E-state index is 12.6. The molecular weight excluding hydrogens is 870 g/mol. The fraction of sp³-hybridized carbons (Fsp3) is 0.724. The van der Waals surface area contributed by atoms with Crippen molar-refractivity contribution < 1.29 is 37.6 Å². The zero-order chi connectivity index (χ0) is 49.5. The number of ether oxygens (including phenoxy) is 2. The Labute approximate surface area is 417 Å². The number of rotatable bonds is 51. The van der Waals surface area contributed by atoms with Crippen LogP contribution in [0.15, 0.2) is 85.1 Å². The van der Waals surface area contributed by atoms with Crippen molar-refractivity contribution in [3.63, 3.8) is 0 Å². The van der Waals surface area contributed by atoms with Gasteiger partial charge in [-0.25, -0.2) is 4.57 Å². The molecule has 0 bridgehead atoms. The van der Waals surface area contributed by atoms with Crippen LogP contribution < -0.4 is 5.73 Å². The standard InChI is InChI=1S/C58H102NO8P/c1-3-5-7-9-11-13-15-16-17-18-19-20-21-22-23-24-25-26-27-28-29-30-31-32-33-34-35-36-37-38-39-40-41-43-45-47-49-51-58(61)67-56(55-66-68(62,63)65-53-52-59)54-64-57(60)50-48-46-44-42-14-12-10-8-6-4-2/h5,7-8,10-11,13,16-17,19-20,22-23,25-26,56H,3-4,6,9,12,14-15,18,21,24,27-55,59H2,1-2H3,(H,62,63)/b7-5-,10-8-,13-11-,17-16-,20-19-,23-22-,26-25-. The monoisotopic (exact) mass is 972 g/mol. The van der Waals surface area contributed by atoms with Crippen LogP contribution in [0.3, 0.4) is 0 Å². The van der Waals surface area contributed by atoms with E-state index in [1.54, 1.807) is 0 Å². The van der Waals surface area contributed by atoms with Crippen LogP contribution in [0, 0.1) is 0 Å². The Hall–Kier alpha value is -2.81. The lowest BCUT2D eigenvalue weighted by Gasteiger charge is -2.19. The number of unbranched alkanes of at least 4 members (excludes halogenated alkanes) is 24. The molecule has 0 aromatic carbocycles. The fourth-order valence-corrected chi connectivity index (χ4v) is 8.23. The zero-order valence-electron chi connectivity index (χ0n) is 43.6. The number of carbonyl (C=O) groups is 2. The highest BCUT2D eigenvalue weighted by Crippen LogP contribution is 2.43. The first kappa shape index (κ1) is 65.2. The second kappa shape index (κ2) is 53.5. The predicted octanol–water partition coefficient (Wildman–Crippen LogP) is 17.1. The molecule has 0 aliphatic carbocycles. The molecule has 392 valence electrons. The number of hydrogen-bond acceptors (Lipinski definition) is 8. The van der Waals surface area contributed by atoms with Gasteiger partial charge in [0, 0.05) is 19.4 Å². The van der Waals surface area contributed by atoms with Crippen molar-refractivity contribution in [3.8, 4) is 0 Å². The van der Waals surface area contributed by atoms with E-state index in [1.807, 2.05) is 0 Å². The van der Waals surface area contributed by atoms with Gasteiger partial charge >= 0.3 is 19.8 Å². The molecule has 0 heterocycles. The van der Waals surface area contributed by atoms with Gasteiger partial charge in [0.05, 0.1) is 13.2 Å². The first-order valence-electron chi connectivity index (χ1n) is 27.6. The molecule has 0 saturated heterocycles. The van der Waals surface area contributed by atoms with Gasteiger partial charge in [-0.3, -0.25) is 18.6 Å². The molecular formula is C58H102NO8P. The number of allylic oxidation sites excluding steroid dienone is 14. The summed E-state index contributed by atoms with van der Waals surface area (Å²) < 4.78 is 32.8. The summed E-state index contributed by atoms with van der Waals surface area (Å²) in [4.78, 5) is 34.9. The van der Waals surface area contributed by atoms with Crippen LogP contribution in [0.1, 0.15) is 239 Å². The number of phosphoric acid groups is 1. The van der Waals surface area contributed by atoms with Gasteiger partial charge in [-0.15, -0.1) is 0 Å². The van der Waals surface area contributed by atoms with Crippen molar-refractivity contribution in [3.05, 3.63) is 85.1 Å². The molecule has 9 nitrogen and oxygen atoms in total. The van der Waals surface area contributed by atoms with E-state index in [-0.39, 0.29) is 32.6 Å². The van der Waals surface area contributed by atoms with E-state index in [0.29, 0.717) is 6.42 Å². The zero-order valence-corrected chi connectivity index (χ0v) is 44.5. The molecule has 68 heavy (non-hydrogen) atoms. The van der Waals surface area contributed by atoms with E-state index >= 15 is 0 Å². The number of nitrogens with two attached hydrogens (primary N) is 1. The van der Waals surface area contributed by atoms with Gasteiger partial charge in [0.2, 0.25) is 0 Å². The van der Waals surface area contributed by atoms with Gasteiger partial charge in [-0.05, 0) is 83.5 Å². The summed E-state index contributed by atoms with van der Waals surface area (Å²) in [6.07, 6.45) is 69.5. The molecule has 10 heteroatoms. The third-order valence-corrected chi connectivity index (χ3v) is 12.5. The molecule has 0 aromatic heterocycles. The minimum Gasteiger partial charge on any atom is -0.462 e. The van der Waals surface area contributed by atoms with Crippen molar-refractivity contribution in [2.24, 2.45) is 5.73 Å². The van der Waals surface area contributed by atoms with Crippen LogP contribution in [0.2, 0.25) is 0 Å². The molecule has 0 saturated carbocycles. The quantitative estimate of drug-likeness (QED) is 0.0264. The SMILES string of the molecule is CC/C=C\C/C=C\C/C=C\C/C=C\C/C=C\C/C=C\CCCCCCCCCCCCCCCCCCCCC(=O)OC(COC(=O)CCCCCCC/C=C\CCC)COP(=O)(O)OCCN. The third-order valence-electron chi connectivity index (χ3n) is 11.5. The topological polar surface area (TPSA) is 134 Å². The Balaban J connectivity index is 3.81. The van der Waals surface area contributed by atoms with Crippen LogP contribution in [0.5, 0.6) is 0 Å². The molecule has 0 aliphatic rings. The Bertz CT molecular complexity index is 1390. The number of hydrogen-bond donors (Lipinski definition) is 2. The lowest BCUT2D eigenvalue weighted by atomic mass is 10.0. The van der Waals surface area contributed by atoms with Crippen molar-refractivity contribution >= 4 is 19.8 Å². The summed E-state index contributed by atoms with van der Waals surface area (Å²) in [6.45, 7) is 3.55. The highest BCUT2D eigenvalue weighted by molar-refractivity contribution is 7.47. The van der Waals surface area contributed by atoms with E-state index in [1.165, 1.54) is 103 Å². The average molecular weight is 972 g/mol. The summed E-state index contributed by atoms with van der Waals surface area (Å²) >= 11 is 0. The van der Waals surface area contributed by atoms with Crippen LogP contribution >= 0.6 is 7.82 Å². The number of esters is 2. The van der Waals surface area contributed by atoms with Crippen molar-refractivity contribution in [1.29, 1.82) is 0 Å². The van der Waals surface area contributed by atoms with Crippen LogP contribution in [-0.4, -0.2) is 49.3 Å². The smallest absolute Gasteiger partial charge is 0.462 e. The van der Waals surface area contributed by atoms with Crippen molar-refractivity contribution in [2.45, 2.75) is 245 Å². The maximum absolute atomic E-state index is 12.6. The maximum Gasteiger partial charge on any atom is 0.472 e. The van der Waals surface area contributed by atoms with E-state index in [9.17, 15) is 19.0 Å². The molecule has 0 aromatic rings. The molecule has 2 unspecified atom stereocenters. The number of phosphoric ester groups is 1. The largest absolute Gasteiger partial charge is 0.472 e. The summed E-state index contributed by atoms with van der Waals surface area (Å²) in [5.74, 6) is -0.838. The highest BCUT2D eigenvalue weighted by Gasteiger charge is 2.26. The second-order valence-corrected chi connectivity index (χ2v) is 19.5. The first-order valence-corrected chi connectivity index (χ1v) is 29.1. The van der Waals surface area contributed by atoms with Gasteiger partial charge in [0.25, 0.3) is 0 Å². The molecule has 0 spiro atoms. The molecule has 2 atom stereocenters. The van der Waals surface area contributed by atoms with Crippen LogP contribution in [0.4, 0.5) is 0 Å². The molecule has 0 rings (SSSR count). The molecule has 0 aliphatic heterocycles. The van der Waals surface area contributed by atoms with Gasteiger partial charge < -0.3 is 20.1 Å². The number of carbonyl (C=O) groups excluding carboxylic acids is 2. The Morgan fingerprint density at radius 2 is 0.809 bits per heavy atom. The summed E-state index contributed by atoms with van der Waals surface area (Å²) in [5, 5.41) is 0. The average Bonchev–Trinajstić information content (AvgIpc) is 3.33. The van der Waals surface area contributed by atoms with E-state index in [2.05, 4.69) is 98.9 Å². The predicted molar refractivity (Wildman–Crippen MR) is 289 cm³/mol.